The number of nitrogens with one attached hydrogen (secondary N) is 2. The van der Waals surface area contributed by atoms with Crippen molar-refractivity contribution in [2.45, 2.75) is 26.8 Å². The predicted octanol–water partition coefficient (Wildman–Crippen LogP) is 0.740. The predicted molar refractivity (Wildman–Crippen MR) is 72.6 cm³/mol. The Morgan fingerprint density at radius 2 is 1.75 bits per heavy atom. The standard InChI is InChI=1S/C14H20N2O4/c1-4-16(5-2)14(15-13(17)18-6-3)19-11-9-7-8-10-12(11)20-14/h7-10H,4-6H2,1-3H3,(H,15,17)/p+1. The van der Waals surface area contributed by atoms with E-state index in [0.717, 1.165) is 18.0 Å². The molecule has 1 aromatic carbocycles. The molecule has 0 aromatic heterocycles. The van der Waals surface area contributed by atoms with Gasteiger partial charge in [0.15, 0.2) is 11.5 Å². The van der Waals surface area contributed by atoms with Gasteiger partial charge in [0.05, 0.1) is 19.7 Å². The monoisotopic (exact) mass is 281 g/mol. The topological polar surface area (TPSA) is 61.2 Å². The highest BCUT2D eigenvalue weighted by Crippen LogP contribution is 2.35. The SMILES string of the molecule is CCOC(=O)NC1([NH+](CC)CC)Oc2ccccc2O1. The molecule has 6 heteroatoms. The van der Waals surface area contributed by atoms with Gasteiger partial charge >= 0.3 is 12.1 Å². The normalized spacial score (nSPS) is 15.2. The van der Waals surface area contributed by atoms with Crippen LogP contribution in [0, 0.1) is 0 Å². The van der Waals surface area contributed by atoms with E-state index in [4.69, 9.17) is 14.2 Å². The van der Waals surface area contributed by atoms with Crippen LogP contribution in [0.1, 0.15) is 20.8 Å². The van der Waals surface area contributed by atoms with Crippen molar-refractivity contribution in [2.75, 3.05) is 19.7 Å². The Kier molecular flexibility index (Phi) is 4.34. The summed E-state index contributed by atoms with van der Waals surface area (Å²) in [6.07, 6.45) is -0.556. The number of hydrogen-bond donors (Lipinski definition) is 2. The van der Waals surface area contributed by atoms with E-state index in [1.54, 1.807) is 6.92 Å². The van der Waals surface area contributed by atoms with Crippen LogP contribution in [-0.4, -0.2) is 31.8 Å². The van der Waals surface area contributed by atoms with Gasteiger partial charge in [-0.3, -0.25) is 0 Å². The molecule has 1 amide bonds. The van der Waals surface area contributed by atoms with Crippen molar-refractivity contribution in [1.82, 2.24) is 5.32 Å². The molecular formula is C14H21N2O4+. The highest BCUT2D eigenvalue weighted by molar-refractivity contribution is 5.67. The molecule has 2 rings (SSSR count). The van der Waals surface area contributed by atoms with E-state index in [9.17, 15) is 4.79 Å². The lowest BCUT2D eigenvalue weighted by Crippen LogP contribution is -3.24. The molecule has 1 aliphatic rings. The van der Waals surface area contributed by atoms with E-state index in [1.807, 2.05) is 38.1 Å². The smallest absolute Gasteiger partial charge is 0.450 e. The average molecular weight is 281 g/mol. The van der Waals surface area contributed by atoms with E-state index in [0.29, 0.717) is 18.1 Å². The summed E-state index contributed by atoms with van der Waals surface area (Å²) in [6.45, 7) is 7.52. The van der Waals surface area contributed by atoms with Gasteiger partial charge < -0.3 is 14.2 Å². The van der Waals surface area contributed by atoms with Crippen LogP contribution < -0.4 is 19.7 Å². The van der Waals surface area contributed by atoms with E-state index >= 15 is 0 Å². The summed E-state index contributed by atoms with van der Waals surface area (Å²) in [6, 6.07) is 6.08. The first-order chi connectivity index (χ1) is 9.65. The molecule has 0 saturated carbocycles. The third kappa shape index (κ3) is 2.65. The molecule has 0 unspecified atom stereocenters. The van der Waals surface area contributed by atoms with Gasteiger partial charge in [0, 0.05) is 0 Å². The number of fused-ring (bicyclic) bond motifs is 1. The maximum Gasteiger partial charge on any atom is 0.505 e. The fraction of sp³-hybridized carbons (Fsp3) is 0.500. The van der Waals surface area contributed by atoms with Crippen LogP contribution in [0.2, 0.25) is 0 Å². The molecule has 1 heterocycles. The fourth-order valence-electron chi connectivity index (χ4n) is 2.25. The van der Waals surface area contributed by atoms with Gasteiger partial charge in [0.25, 0.3) is 0 Å². The van der Waals surface area contributed by atoms with Crippen LogP contribution in [0.3, 0.4) is 0 Å². The molecule has 0 aliphatic carbocycles. The second-order valence-electron chi connectivity index (χ2n) is 4.42. The van der Waals surface area contributed by atoms with Crippen molar-refractivity contribution in [3.05, 3.63) is 24.3 Å². The summed E-state index contributed by atoms with van der Waals surface area (Å²) in [5.41, 5.74) is 0. The van der Waals surface area contributed by atoms with Crippen LogP contribution >= 0.6 is 0 Å². The first-order valence-electron chi connectivity index (χ1n) is 6.92. The third-order valence-electron chi connectivity index (χ3n) is 3.22. The van der Waals surface area contributed by atoms with Crippen molar-refractivity contribution in [2.24, 2.45) is 0 Å². The number of rotatable bonds is 5. The second-order valence-corrected chi connectivity index (χ2v) is 4.42. The number of quaternary nitrogens is 1. The molecule has 0 saturated heterocycles. The molecule has 0 fully saturated rings. The average Bonchev–Trinajstić information content (AvgIpc) is 2.78. The van der Waals surface area contributed by atoms with Crippen LogP contribution in [0.25, 0.3) is 0 Å². The fourth-order valence-corrected chi connectivity index (χ4v) is 2.25. The van der Waals surface area contributed by atoms with Crippen LogP contribution in [-0.2, 0) is 4.74 Å². The van der Waals surface area contributed by atoms with Crippen molar-refractivity contribution < 1.29 is 23.9 Å². The quantitative estimate of drug-likeness (QED) is 0.782. The molecule has 110 valence electrons. The molecule has 1 aromatic rings. The Hall–Kier alpha value is -1.95. The molecule has 1 aliphatic heterocycles. The first-order valence-corrected chi connectivity index (χ1v) is 6.92. The molecule has 20 heavy (non-hydrogen) atoms. The minimum Gasteiger partial charge on any atom is -0.450 e. The summed E-state index contributed by atoms with van der Waals surface area (Å²) in [7, 11) is 0. The maximum atomic E-state index is 11.8. The van der Waals surface area contributed by atoms with E-state index in [-0.39, 0.29) is 0 Å². The minimum atomic E-state index is -1.26. The molecule has 0 radical (unpaired) electrons. The Bertz CT molecular complexity index is 449. The van der Waals surface area contributed by atoms with Gasteiger partial charge in [-0.15, -0.1) is 0 Å². The molecular weight excluding hydrogens is 260 g/mol. The van der Waals surface area contributed by atoms with Crippen molar-refractivity contribution >= 4 is 6.09 Å². The first kappa shape index (κ1) is 14.5. The van der Waals surface area contributed by atoms with Crippen LogP contribution in [0.15, 0.2) is 24.3 Å². The lowest BCUT2D eigenvalue weighted by molar-refractivity contribution is -0.995. The van der Waals surface area contributed by atoms with Crippen LogP contribution in [0.5, 0.6) is 11.5 Å². The number of amides is 1. The number of benzene rings is 1. The lowest BCUT2D eigenvalue weighted by atomic mass is 10.3. The minimum absolute atomic E-state index is 0.294. The zero-order valence-electron chi connectivity index (χ0n) is 12.1. The van der Waals surface area contributed by atoms with Gasteiger partial charge in [0.2, 0.25) is 0 Å². The van der Waals surface area contributed by atoms with Gasteiger partial charge in [-0.05, 0) is 32.9 Å². The number of para-hydroxylation sites is 2. The van der Waals surface area contributed by atoms with Gasteiger partial charge in [-0.2, -0.15) is 5.32 Å². The highest BCUT2D eigenvalue weighted by atomic mass is 16.8. The maximum absolute atomic E-state index is 11.8. The van der Waals surface area contributed by atoms with Crippen LogP contribution in [0.4, 0.5) is 4.79 Å². The van der Waals surface area contributed by atoms with E-state index in [1.165, 1.54) is 0 Å². The Morgan fingerprint density at radius 1 is 1.20 bits per heavy atom. The van der Waals surface area contributed by atoms with Crippen molar-refractivity contribution in [3.8, 4) is 11.5 Å². The Balaban J connectivity index is 2.26. The van der Waals surface area contributed by atoms with E-state index in [2.05, 4.69) is 5.32 Å². The molecule has 0 bridgehead atoms. The second kappa shape index (κ2) is 6.00. The highest BCUT2D eigenvalue weighted by Gasteiger charge is 2.53. The third-order valence-corrected chi connectivity index (χ3v) is 3.22. The summed E-state index contributed by atoms with van der Waals surface area (Å²) >= 11 is 0. The Morgan fingerprint density at radius 3 is 2.20 bits per heavy atom. The van der Waals surface area contributed by atoms with Gasteiger partial charge in [-0.1, -0.05) is 12.1 Å². The number of carbonyl (C=O) groups is 1. The number of alkyl carbamates (subject to hydrolysis) is 1. The number of carbonyl (C=O) groups excluding carboxylic acids is 1. The largest absolute Gasteiger partial charge is 0.505 e. The number of hydrogen-bond acceptors (Lipinski definition) is 4. The number of ether oxygens (including phenoxy) is 3. The van der Waals surface area contributed by atoms with Crippen molar-refractivity contribution in [3.63, 3.8) is 0 Å². The molecule has 0 spiro atoms. The summed E-state index contributed by atoms with van der Waals surface area (Å²) < 4.78 is 16.7. The Labute approximate surface area is 118 Å². The lowest BCUT2D eigenvalue weighted by Gasteiger charge is -2.32. The zero-order chi connectivity index (χ0) is 14.6. The van der Waals surface area contributed by atoms with Gasteiger partial charge in [-0.25, -0.2) is 9.69 Å². The summed E-state index contributed by atoms with van der Waals surface area (Å²) in [5.74, 6) is 1.23. The van der Waals surface area contributed by atoms with Gasteiger partial charge in [0.1, 0.15) is 0 Å². The molecule has 2 N–H and O–H groups in total. The summed E-state index contributed by atoms with van der Waals surface area (Å²) in [5, 5.41) is 2.70. The molecule has 6 nitrogen and oxygen atoms in total. The van der Waals surface area contributed by atoms with Crippen molar-refractivity contribution in [1.29, 1.82) is 0 Å². The van der Waals surface area contributed by atoms with E-state index < -0.39 is 12.1 Å². The molecule has 0 atom stereocenters. The summed E-state index contributed by atoms with van der Waals surface area (Å²) in [4.78, 5) is 12.7. The zero-order valence-corrected chi connectivity index (χ0v) is 12.1.